The molecule has 13 nitrogen and oxygen atoms in total. The van der Waals surface area contributed by atoms with Crippen molar-refractivity contribution in [3.05, 3.63) is 41.5 Å². The molecule has 0 spiro atoms. The minimum atomic E-state index is -3.91. The number of ketones is 1. The van der Waals surface area contributed by atoms with E-state index in [2.05, 4.69) is 41.7 Å². The molecular formula is C40H62N6O7S. The zero-order chi connectivity index (χ0) is 40.9. The molecule has 1 saturated heterocycles. The first kappa shape index (κ1) is 43.0. The predicted molar refractivity (Wildman–Crippen MR) is 208 cm³/mol. The third-order valence-electron chi connectivity index (χ3n) is 11.5. The van der Waals surface area contributed by atoms with Gasteiger partial charge in [-0.2, -0.15) is 4.31 Å². The Kier molecular flexibility index (Phi) is 12.2. The molecule has 3 aliphatic rings. The Hall–Kier alpha value is -3.78. The van der Waals surface area contributed by atoms with Gasteiger partial charge in [-0.3, -0.25) is 19.2 Å². The number of carbonyl (C=O) groups excluding carboxylic acids is 5. The summed E-state index contributed by atoms with van der Waals surface area (Å²) in [5.41, 5.74) is 0.658. The molecule has 1 aromatic carbocycles. The van der Waals surface area contributed by atoms with Crippen molar-refractivity contribution in [2.24, 2.45) is 34.0 Å². The van der Waals surface area contributed by atoms with E-state index in [0.717, 1.165) is 5.56 Å². The van der Waals surface area contributed by atoms with Crippen LogP contribution in [0.2, 0.25) is 0 Å². The molecule has 0 radical (unpaired) electrons. The van der Waals surface area contributed by atoms with Crippen molar-refractivity contribution >= 4 is 39.6 Å². The maximum atomic E-state index is 14.5. The van der Waals surface area contributed by atoms with Crippen LogP contribution in [0.4, 0.5) is 4.79 Å². The van der Waals surface area contributed by atoms with Gasteiger partial charge in [0.15, 0.2) is 0 Å². The number of benzene rings is 1. The standard InChI is InChI=1S/C40H62N6O7S/c1-14-17-41-35(49)31(47)29(25-15-16-25)43-34(48)30-28-26(40(28,11)12)20-46(30)36(50)33(39(8,9)10)44-37(51)42-27(38(5,6)7)21-45(13)54(52,53)32-23(3)18-22(2)19-24(32)4/h14,18-19,25-30,33H,1,15-17,20-21H2,2-13H3,(H,41,49)(H,43,48)(H2,42,44,51)/t26-,27+,28-,29?,30-,33+/m0/s1. The van der Waals surface area contributed by atoms with Crippen LogP contribution in [-0.4, -0.2) is 98.0 Å². The molecule has 2 aliphatic carbocycles. The van der Waals surface area contributed by atoms with E-state index in [1.54, 1.807) is 13.8 Å². The summed E-state index contributed by atoms with van der Waals surface area (Å²) in [4.78, 5) is 69.9. The molecule has 3 fully saturated rings. The number of likely N-dealkylation sites (N-methyl/N-ethyl adjacent to an activating group) is 1. The number of hydrogen-bond donors (Lipinski definition) is 4. The van der Waals surface area contributed by atoms with Crippen LogP contribution in [-0.2, 0) is 29.2 Å². The fraction of sp³-hybridized carbons (Fsp3) is 0.675. The summed E-state index contributed by atoms with van der Waals surface area (Å²) in [5, 5.41) is 11.2. The van der Waals surface area contributed by atoms with E-state index in [-0.39, 0.29) is 41.2 Å². The minimum Gasteiger partial charge on any atom is -0.346 e. The van der Waals surface area contributed by atoms with Crippen LogP contribution >= 0.6 is 0 Å². The lowest BCUT2D eigenvalue weighted by Gasteiger charge is -2.39. The summed E-state index contributed by atoms with van der Waals surface area (Å²) in [6, 6.07) is -0.592. The highest BCUT2D eigenvalue weighted by Gasteiger charge is 2.70. The normalized spacial score (nSPS) is 22.4. The van der Waals surface area contributed by atoms with Gasteiger partial charge in [0.05, 0.1) is 4.90 Å². The molecule has 14 heteroatoms. The Labute approximate surface area is 321 Å². The Balaban J connectivity index is 1.54. The van der Waals surface area contributed by atoms with Crippen LogP contribution in [0.25, 0.3) is 0 Å². The van der Waals surface area contributed by atoms with E-state index in [4.69, 9.17) is 0 Å². The minimum absolute atomic E-state index is 0.0283. The van der Waals surface area contributed by atoms with Crippen molar-refractivity contribution < 1.29 is 32.4 Å². The van der Waals surface area contributed by atoms with E-state index < -0.39 is 74.6 Å². The van der Waals surface area contributed by atoms with Crippen LogP contribution in [0.3, 0.4) is 0 Å². The topological polar surface area (TPSA) is 174 Å². The Morgan fingerprint density at radius 3 is 2.04 bits per heavy atom. The van der Waals surface area contributed by atoms with E-state index in [1.807, 2.05) is 60.6 Å². The zero-order valence-corrected chi connectivity index (χ0v) is 35.0. The number of urea groups is 1. The Morgan fingerprint density at radius 1 is 0.963 bits per heavy atom. The maximum Gasteiger partial charge on any atom is 0.315 e. The number of carbonyl (C=O) groups is 5. The maximum absolute atomic E-state index is 14.5. The smallest absolute Gasteiger partial charge is 0.315 e. The number of nitrogens with one attached hydrogen (secondary N) is 4. The van der Waals surface area contributed by atoms with Crippen LogP contribution in [0, 0.1) is 54.8 Å². The van der Waals surface area contributed by atoms with E-state index in [1.165, 1.54) is 22.3 Å². The van der Waals surface area contributed by atoms with Gasteiger partial charge in [0.25, 0.3) is 5.91 Å². The molecule has 4 rings (SSSR count). The highest BCUT2D eigenvalue weighted by Crippen LogP contribution is 2.65. The van der Waals surface area contributed by atoms with Crippen molar-refractivity contribution in [2.75, 3.05) is 26.7 Å². The van der Waals surface area contributed by atoms with Crippen molar-refractivity contribution in [3.8, 4) is 0 Å². The average molecular weight is 771 g/mol. The van der Waals surface area contributed by atoms with Gasteiger partial charge in [-0.25, -0.2) is 13.2 Å². The largest absolute Gasteiger partial charge is 0.346 e. The third kappa shape index (κ3) is 9.01. The van der Waals surface area contributed by atoms with Crippen molar-refractivity contribution in [2.45, 2.75) is 118 Å². The van der Waals surface area contributed by atoms with Gasteiger partial charge in [0, 0.05) is 32.7 Å². The van der Waals surface area contributed by atoms with Gasteiger partial charge in [-0.1, -0.05) is 79.2 Å². The van der Waals surface area contributed by atoms with E-state index >= 15 is 0 Å². The quantitative estimate of drug-likeness (QED) is 0.165. The monoisotopic (exact) mass is 770 g/mol. The van der Waals surface area contributed by atoms with Gasteiger partial charge >= 0.3 is 6.03 Å². The van der Waals surface area contributed by atoms with E-state index in [9.17, 15) is 32.4 Å². The van der Waals surface area contributed by atoms with Gasteiger partial charge < -0.3 is 26.2 Å². The number of piperidine rings is 1. The van der Waals surface area contributed by atoms with Gasteiger partial charge in [-0.15, -0.1) is 6.58 Å². The summed E-state index contributed by atoms with van der Waals surface area (Å²) < 4.78 is 28.9. The number of sulfonamides is 1. The lowest BCUT2D eigenvalue weighted by Crippen LogP contribution is -2.63. The lowest BCUT2D eigenvalue weighted by atomic mass is 9.85. The molecule has 300 valence electrons. The van der Waals surface area contributed by atoms with Crippen LogP contribution in [0.15, 0.2) is 29.7 Å². The molecule has 2 saturated carbocycles. The SMILES string of the molecule is C=CCNC(=O)C(=O)C(NC(=O)[C@@H]1[C@@H]2[C@H](CN1C(=O)[C@@H](NC(=O)N[C@H](CN(C)S(=O)(=O)c1c(C)cc(C)cc1C)C(C)(C)C)C(C)(C)C)C2(C)C)C1CC1. The van der Waals surface area contributed by atoms with Gasteiger partial charge in [0.1, 0.15) is 18.1 Å². The summed E-state index contributed by atoms with van der Waals surface area (Å²) in [7, 11) is -2.42. The molecule has 1 unspecified atom stereocenters. The second kappa shape index (κ2) is 15.4. The number of nitrogens with zero attached hydrogens (tertiary/aromatic N) is 2. The second-order valence-corrected chi connectivity index (χ2v) is 20.4. The number of fused-ring (bicyclic) bond motifs is 1. The molecule has 54 heavy (non-hydrogen) atoms. The summed E-state index contributed by atoms with van der Waals surface area (Å²) in [6.45, 7) is 24.7. The zero-order valence-electron chi connectivity index (χ0n) is 34.2. The average Bonchev–Trinajstić information content (AvgIpc) is 3.91. The first-order valence-electron chi connectivity index (χ1n) is 18.9. The Morgan fingerprint density at radius 2 is 1.54 bits per heavy atom. The third-order valence-corrected chi connectivity index (χ3v) is 13.6. The van der Waals surface area contributed by atoms with Crippen LogP contribution in [0.5, 0.6) is 0 Å². The molecule has 1 aromatic rings. The lowest BCUT2D eigenvalue weighted by molar-refractivity contribution is -0.145. The first-order chi connectivity index (χ1) is 24.7. The first-order valence-corrected chi connectivity index (χ1v) is 20.3. The van der Waals surface area contributed by atoms with Crippen molar-refractivity contribution in [1.82, 2.24) is 30.5 Å². The Bertz CT molecular complexity index is 1770. The molecule has 1 aliphatic heterocycles. The number of likely N-dealkylation sites (tertiary alicyclic amines) is 1. The number of rotatable bonds is 14. The number of Topliss-reactive ketones (excluding diaryl/α,β-unsaturated/α-hetero) is 1. The van der Waals surface area contributed by atoms with E-state index in [0.29, 0.717) is 30.5 Å². The van der Waals surface area contributed by atoms with Crippen molar-refractivity contribution in [3.63, 3.8) is 0 Å². The van der Waals surface area contributed by atoms with Crippen LogP contribution in [0.1, 0.15) is 84.9 Å². The van der Waals surface area contributed by atoms with Crippen molar-refractivity contribution in [1.29, 1.82) is 0 Å². The molecule has 0 bridgehead atoms. The summed E-state index contributed by atoms with van der Waals surface area (Å²) in [6.07, 6.45) is 2.86. The fourth-order valence-electron chi connectivity index (χ4n) is 8.04. The predicted octanol–water partition coefficient (Wildman–Crippen LogP) is 3.61. The summed E-state index contributed by atoms with van der Waals surface area (Å²) >= 11 is 0. The molecule has 5 amide bonds. The summed E-state index contributed by atoms with van der Waals surface area (Å²) in [5.74, 6) is -2.72. The molecular weight excluding hydrogens is 709 g/mol. The molecule has 1 heterocycles. The number of hydrogen-bond acceptors (Lipinski definition) is 7. The molecule has 6 atom stereocenters. The highest BCUT2D eigenvalue weighted by molar-refractivity contribution is 7.89. The molecule has 4 N–H and O–H groups in total. The van der Waals surface area contributed by atoms with Gasteiger partial charge in [0.2, 0.25) is 27.6 Å². The fourth-order valence-corrected chi connectivity index (χ4v) is 9.63. The second-order valence-electron chi connectivity index (χ2n) is 18.4. The molecule has 0 aromatic heterocycles. The number of amides is 5. The van der Waals surface area contributed by atoms with Crippen LogP contribution < -0.4 is 21.3 Å². The van der Waals surface area contributed by atoms with Gasteiger partial charge in [-0.05, 0) is 78.7 Å². The highest BCUT2D eigenvalue weighted by atomic mass is 32.2. The number of aryl methyl sites for hydroxylation is 3.